The minimum atomic E-state index is -0.0400. The molecule has 0 unspecified atom stereocenters. The van der Waals surface area contributed by atoms with Gasteiger partial charge in [0.15, 0.2) is 0 Å². The number of aromatic amines is 1. The number of imidazole rings is 1. The first-order valence-electron chi connectivity index (χ1n) is 5.21. The Morgan fingerprint density at radius 2 is 2.27 bits per heavy atom. The van der Waals surface area contributed by atoms with Gasteiger partial charge in [0.2, 0.25) is 0 Å². The van der Waals surface area contributed by atoms with Gasteiger partial charge in [0.05, 0.1) is 11.0 Å². The summed E-state index contributed by atoms with van der Waals surface area (Å²) in [6, 6.07) is 6.06. The molecule has 0 bridgehead atoms. The fraction of sp³-hybridized carbons (Fsp3) is 0.364. The van der Waals surface area contributed by atoms with Gasteiger partial charge in [-0.05, 0) is 24.5 Å². The smallest absolute Gasteiger partial charge is 0.311 e. The van der Waals surface area contributed by atoms with Crippen LogP contribution in [-0.4, -0.2) is 23.3 Å². The van der Waals surface area contributed by atoms with Gasteiger partial charge in [-0.1, -0.05) is 12.1 Å². The second-order valence-electron chi connectivity index (χ2n) is 4.04. The lowest BCUT2D eigenvalue weighted by atomic mass is 10.1. The van der Waals surface area contributed by atoms with Crippen molar-refractivity contribution in [2.75, 3.05) is 18.6 Å². The van der Waals surface area contributed by atoms with Gasteiger partial charge in [0.1, 0.15) is 0 Å². The molecule has 0 amide bonds. The summed E-state index contributed by atoms with van der Waals surface area (Å²) in [5.74, 6) is 0. The maximum atomic E-state index is 11.8. The van der Waals surface area contributed by atoms with E-state index in [9.17, 15) is 4.79 Å². The maximum absolute atomic E-state index is 11.8. The predicted molar refractivity (Wildman–Crippen MR) is 59.9 cm³/mol. The Balaban J connectivity index is 2.48. The van der Waals surface area contributed by atoms with E-state index in [1.54, 1.807) is 4.68 Å². The van der Waals surface area contributed by atoms with E-state index in [1.165, 1.54) is 5.56 Å². The highest BCUT2D eigenvalue weighted by Crippen LogP contribution is 2.19. The molecule has 1 aliphatic heterocycles. The normalized spacial score (nSPS) is 15.7. The Labute approximate surface area is 87.1 Å². The second-order valence-corrected chi connectivity index (χ2v) is 4.04. The minimum absolute atomic E-state index is 0.0400. The van der Waals surface area contributed by atoms with E-state index >= 15 is 0 Å². The van der Waals surface area contributed by atoms with Crippen LogP contribution in [0.2, 0.25) is 0 Å². The third-order valence-corrected chi connectivity index (χ3v) is 3.03. The highest BCUT2D eigenvalue weighted by molar-refractivity contribution is 5.79. The van der Waals surface area contributed by atoms with Crippen molar-refractivity contribution in [3.05, 3.63) is 34.2 Å². The van der Waals surface area contributed by atoms with Crippen molar-refractivity contribution >= 4 is 11.0 Å². The highest BCUT2D eigenvalue weighted by Gasteiger charge is 2.16. The Morgan fingerprint density at radius 3 is 3.13 bits per heavy atom. The summed E-state index contributed by atoms with van der Waals surface area (Å²) in [6.07, 6.45) is 2.13. The number of nitrogens with zero attached hydrogens (tertiary/aromatic N) is 2. The summed E-state index contributed by atoms with van der Waals surface area (Å²) < 4.78 is 1.75. The number of hydrogen-bond acceptors (Lipinski definition) is 2. The first-order chi connectivity index (χ1) is 7.27. The second kappa shape index (κ2) is 2.89. The molecule has 0 saturated heterocycles. The van der Waals surface area contributed by atoms with Crippen molar-refractivity contribution in [1.29, 1.82) is 0 Å². The van der Waals surface area contributed by atoms with E-state index in [0.29, 0.717) is 0 Å². The Kier molecular flexibility index (Phi) is 1.65. The first-order valence-corrected chi connectivity index (χ1v) is 5.21. The average Bonchev–Trinajstić information content (AvgIpc) is 2.43. The number of H-pyrrole nitrogens is 1. The van der Waals surface area contributed by atoms with Crippen LogP contribution in [0.15, 0.2) is 23.0 Å². The van der Waals surface area contributed by atoms with Crippen LogP contribution in [0.1, 0.15) is 12.0 Å². The summed E-state index contributed by atoms with van der Waals surface area (Å²) in [5, 5.41) is 1.98. The summed E-state index contributed by atoms with van der Waals surface area (Å²) in [6.45, 7) is 0.918. The van der Waals surface area contributed by atoms with E-state index in [1.807, 2.05) is 24.2 Å². The molecule has 1 aromatic heterocycles. The summed E-state index contributed by atoms with van der Waals surface area (Å²) in [5.41, 5.74) is 3.20. The summed E-state index contributed by atoms with van der Waals surface area (Å²) in [4.78, 5) is 14.7. The molecule has 1 aliphatic rings. The van der Waals surface area contributed by atoms with Crippen molar-refractivity contribution in [2.45, 2.75) is 12.8 Å². The van der Waals surface area contributed by atoms with Crippen LogP contribution in [0.25, 0.3) is 11.0 Å². The number of aryl methyl sites for hydroxylation is 1. The Hall–Kier alpha value is -1.71. The van der Waals surface area contributed by atoms with Crippen molar-refractivity contribution in [1.82, 2.24) is 9.66 Å². The Morgan fingerprint density at radius 1 is 1.40 bits per heavy atom. The molecule has 1 aromatic carbocycles. The molecular formula is C11H13N3O. The van der Waals surface area contributed by atoms with Gasteiger partial charge in [-0.15, -0.1) is 0 Å². The molecule has 0 saturated carbocycles. The zero-order chi connectivity index (χ0) is 10.4. The molecule has 15 heavy (non-hydrogen) atoms. The van der Waals surface area contributed by atoms with E-state index in [4.69, 9.17) is 0 Å². The van der Waals surface area contributed by atoms with E-state index < -0.39 is 0 Å². The van der Waals surface area contributed by atoms with Crippen LogP contribution in [0.4, 0.5) is 0 Å². The minimum Gasteiger partial charge on any atom is -0.311 e. The third-order valence-electron chi connectivity index (χ3n) is 3.03. The molecule has 4 heteroatoms. The van der Waals surface area contributed by atoms with Crippen LogP contribution in [0.3, 0.4) is 0 Å². The molecular weight excluding hydrogens is 190 g/mol. The predicted octanol–water partition coefficient (Wildman–Crippen LogP) is 0.844. The van der Waals surface area contributed by atoms with Crippen molar-refractivity contribution in [2.24, 2.45) is 0 Å². The van der Waals surface area contributed by atoms with E-state index in [-0.39, 0.29) is 5.69 Å². The fourth-order valence-electron chi connectivity index (χ4n) is 2.34. The summed E-state index contributed by atoms with van der Waals surface area (Å²) in [7, 11) is 1.96. The third kappa shape index (κ3) is 1.11. The van der Waals surface area contributed by atoms with Gasteiger partial charge in [-0.3, -0.25) is 0 Å². The zero-order valence-electron chi connectivity index (χ0n) is 8.66. The fourth-order valence-corrected chi connectivity index (χ4v) is 2.34. The largest absolute Gasteiger partial charge is 0.345 e. The van der Waals surface area contributed by atoms with E-state index in [0.717, 1.165) is 30.4 Å². The topological polar surface area (TPSA) is 41.0 Å². The standard InChI is InChI=1S/C11H13N3O/c1-13-7-3-5-8-4-2-6-9-10(8)14(13)11(15)12-9/h2,4,6H,3,5,7H2,1H3,(H,12,15). The molecule has 3 rings (SSSR count). The number of nitrogens with one attached hydrogen (secondary N) is 1. The summed E-state index contributed by atoms with van der Waals surface area (Å²) >= 11 is 0. The molecule has 0 spiro atoms. The van der Waals surface area contributed by atoms with Gasteiger partial charge in [0, 0.05) is 13.6 Å². The molecule has 78 valence electrons. The van der Waals surface area contributed by atoms with Gasteiger partial charge >= 0.3 is 5.69 Å². The van der Waals surface area contributed by atoms with Crippen LogP contribution in [0.5, 0.6) is 0 Å². The lowest BCUT2D eigenvalue weighted by Gasteiger charge is -2.17. The number of benzene rings is 1. The first kappa shape index (κ1) is 8.59. The van der Waals surface area contributed by atoms with Crippen LogP contribution in [-0.2, 0) is 6.42 Å². The average molecular weight is 203 g/mol. The van der Waals surface area contributed by atoms with Gasteiger partial charge in [-0.2, -0.15) is 0 Å². The van der Waals surface area contributed by atoms with Crippen LogP contribution in [0, 0.1) is 0 Å². The monoisotopic (exact) mass is 203 g/mol. The van der Waals surface area contributed by atoms with E-state index in [2.05, 4.69) is 11.1 Å². The van der Waals surface area contributed by atoms with Gasteiger partial charge in [0.25, 0.3) is 0 Å². The Bertz CT molecular complexity index is 567. The van der Waals surface area contributed by atoms with Crippen molar-refractivity contribution in [3.63, 3.8) is 0 Å². The lowest BCUT2D eigenvalue weighted by molar-refractivity contribution is 0.636. The number of rotatable bonds is 0. The number of para-hydroxylation sites is 1. The molecule has 2 aromatic rings. The molecule has 2 heterocycles. The van der Waals surface area contributed by atoms with Crippen molar-refractivity contribution < 1.29 is 0 Å². The highest BCUT2D eigenvalue weighted by atomic mass is 16.2. The lowest BCUT2D eigenvalue weighted by Crippen LogP contribution is -2.37. The van der Waals surface area contributed by atoms with Crippen molar-refractivity contribution in [3.8, 4) is 0 Å². The van der Waals surface area contributed by atoms with Crippen LogP contribution < -0.4 is 10.7 Å². The SMILES string of the molecule is CN1CCCc2cccc3[nH]c(=O)n1c23. The number of hydrogen-bond donors (Lipinski definition) is 1. The maximum Gasteiger partial charge on any atom is 0.345 e. The van der Waals surface area contributed by atoms with Gasteiger partial charge < -0.3 is 9.99 Å². The molecule has 0 radical (unpaired) electrons. The number of aromatic nitrogens is 2. The molecule has 4 nitrogen and oxygen atoms in total. The van der Waals surface area contributed by atoms with Crippen LogP contribution >= 0.6 is 0 Å². The quantitative estimate of drug-likeness (QED) is 0.689. The molecule has 0 fully saturated rings. The van der Waals surface area contributed by atoms with Gasteiger partial charge in [-0.25, -0.2) is 9.47 Å². The zero-order valence-corrected chi connectivity index (χ0v) is 8.66. The molecule has 1 N–H and O–H groups in total. The molecule has 0 aliphatic carbocycles. The molecule has 0 atom stereocenters.